The molecule has 0 radical (unpaired) electrons. The third-order valence-corrected chi connectivity index (χ3v) is 5.89. The number of carbonyl (C=O) groups excluding carboxylic acids is 1. The van der Waals surface area contributed by atoms with Crippen LogP contribution in [0.2, 0.25) is 5.02 Å². The largest absolute Gasteiger partial charge is 0.495 e. The summed E-state index contributed by atoms with van der Waals surface area (Å²) in [5.74, 6) is 0.256. The van der Waals surface area contributed by atoms with Crippen LogP contribution in [0.4, 0.5) is 13.2 Å². The maximum atomic E-state index is 13.0. The molecule has 11 heteroatoms. The predicted molar refractivity (Wildman–Crippen MR) is 105 cm³/mol. The fraction of sp³-hybridized carbons (Fsp3) is 0.450. The highest BCUT2D eigenvalue weighted by atomic mass is 35.5. The van der Waals surface area contributed by atoms with Crippen LogP contribution in [0.25, 0.3) is 0 Å². The van der Waals surface area contributed by atoms with E-state index in [1.165, 1.54) is 13.2 Å². The summed E-state index contributed by atoms with van der Waals surface area (Å²) in [7, 11) is 1.49. The lowest BCUT2D eigenvalue weighted by atomic mass is 10.1. The SMILES string of the molecule is COc1cccc(C(=O)N2CCN3C[C@@H](c4ccc(C(F)(F)F)nn4)OC[C@@H]3C2)c1Cl. The van der Waals surface area contributed by atoms with Crippen molar-refractivity contribution < 1.29 is 27.4 Å². The molecule has 166 valence electrons. The number of piperazine rings is 1. The fourth-order valence-electron chi connectivity index (χ4n) is 3.82. The number of hydrogen-bond donors (Lipinski definition) is 0. The Morgan fingerprint density at radius 1 is 1.19 bits per heavy atom. The highest BCUT2D eigenvalue weighted by Gasteiger charge is 2.38. The van der Waals surface area contributed by atoms with E-state index in [2.05, 4.69) is 15.1 Å². The summed E-state index contributed by atoms with van der Waals surface area (Å²) in [6.07, 6.45) is -5.00. The molecule has 7 nitrogen and oxygen atoms in total. The summed E-state index contributed by atoms with van der Waals surface area (Å²) in [6.45, 7) is 2.34. The summed E-state index contributed by atoms with van der Waals surface area (Å²) < 4.78 is 49.1. The van der Waals surface area contributed by atoms with Gasteiger partial charge in [-0.25, -0.2) is 0 Å². The van der Waals surface area contributed by atoms with Crippen molar-refractivity contribution in [1.29, 1.82) is 0 Å². The lowest BCUT2D eigenvalue weighted by molar-refractivity contribution is -0.142. The average Bonchev–Trinajstić information content (AvgIpc) is 2.77. The first-order valence-electron chi connectivity index (χ1n) is 9.66. The van der Waals surface area contributed by atoms with E-state index in [0.29, 0.717) is 49.8 Å². The number of carbonyl (C=O) groups is 1. The number of morpholine rings is 1. The van der Waals surface area contributed by atoms with Crippen molar-refractivity contribution in [1.82, 2.24) is 20.0 Å². The lowest BCUT2D eigenvalue weighted by Crippen LogP contribution is -2.59. The van der Waals surface area contributed by atoms with E-state index in [1.54, 1.807) is 23.1 Å². The van der Waals surface area contributed by atoms with E-state index in [4.69, 9.17) is 21.1 Å². The number of halogens is 4. The van der Waals surface area contributed by atoms with Gasteiger partial charge in [0.05, 0.1) is 36.0 Å². The van der Waals surface area contributed by atoms with Crippen LogP contribution in [-0.2, 0) is 10.9 Å². The third kappa shape index (κ3) is 4.46. The van der Waals surface area contributed by atoms with Gasteiger partial charge in [0.15, 0.2) is 5.69 Å². The first-order valence-corrected chi connectivity index (χ1v) is 10.0. The molecule has 0 N–H and O–H groups in total. The summed E-state index contributed by atoms with van der Waals surface area (Å²) in [6, 6.07) is 7.25. The standard InChI is InChI=1S/C20H20ClF3N4O3/c1-30-15-4-2-3-13(18(15)21)19(29)28-8-7-27-10-16(31-11-12(27)9-28)14-5-6-17(26-25-14)20(22,23)24/h2-6,12,16H,7-11H2,1H3/t12-,16-/m0/s1. The molecule has 2 fully saturated rings. The lowest BCUT2D eigenvalue weighted by Gasteiger charge is -2.45. The van der Waals surface area contributed by atoms with Crippen LogP contribution < -0.4 is 4.74 Å². The van der Waals surface area contributed by atoms with E-state index >= 15 is 0 Å². The van der Waals surface area contributed by atoms with Gasteiger partial charge in [0.2, 0.25) is 0 Å². The summed E-state index contributed by atoms with van der Waals surface area (Å²) >= 11 is 6.30. The minimum atomic E-state index is -4.53. The van der Waals surface area contributed by atoms with Crippen LogP contribution in [0.1, 0.15) is 27.8 Å². The van der Waals surface area contributed by atoms with Crippen molar-refractivity contribution in [2.24, 2.45) is 0 Å². The Bertz CT molecular complexity index is 958. The molecule has 4 rings (SSSR count). The molecular weight excluding hydrogens is 437 g/mol. The Morgan fingerprint density at radius 3 is 2.68 bits per heavy atom. The molecule has 3 heterocycles. The van der Waals surface area contributed by atoms with E-state index in [-0.39, 0.29) is 17.0 Å². The Morgan fingerprint density at radius 2 is 2.00 bits per heavy atom. The molecule has 2 saturated heterocycles. The van der Waals surface area contributed by atoms with Crippen molar-refractivity contribution in [3.8, 4) is 5.75 Å². The Hall–Kier alpha value is -2.43. The zero-order valence-corrected chi connectivity index (χ0v) is 17.4. The van der Waals surface area contributed by atoms with Crippen LogP contribution in [0.15, 0.2) is 30.3 Å². The van der Waals surface area contributed by atoms with Gasteiger partial charge in [0.25, 0.3) is 5.91 Å². The van der Waals surface area contributed by atoms with E-state index < -0.39 is 18.0 Å². The molecule has 0 aliphatic carbocycles. The summed E-state index contributed by atoms with van der Waals surface area (Å²) in [4.78, 5) is 16.9. The molecule has 1 aromatic heterocycles. The number of alkyl halides is 3. The first kappa shape index (κ1) is 21.8. The summed E-state index contributed by atoms with van der Waals surface area (Å²) in [5, 5.41) is 7.25. The fourth-order valence-corrected chi connectivity index (χ4v) is 4.10. The quantitative estimate of drug-likeness (QED) is 0.707. The van der Waals surface area contributed by atoms with E-state index in [1.807, 2.05) is 0 Å². The number of benzene rings is 1. The Balaban J connectivity index is 1.40. The second kappa shape index (κ2) is 8.60. The number of aromatic nitrogens is 2. The topological polar surface area (TPSA) is 67.8 Å². The van der Waals surface area contributed by atoms with Crippen molar-refractivity contribution in [3.05, 3.63) is 52.3 Å². The van der Waals surface area contributed by atoms with Gasteiger partial charge in [0.1, 0.15) is 11.9 Å². The molecule has 0 spiro atoms. The van der Waals surface area contributed by atoms with Gasteiger partial charge in [-0.15, -0.1) is 5.10 Å². The van der Waals surface area contributed by atoms with Crippen molar-refractivity contribution >= 4 is 17.5 Å². The van der Waals surface area contributed by atoms with E-state index in [9.17, 15) is 18.0 Å². The molecule has 0 saturated carbocycles. The number of ether oxygens (including phenoxy) is 2. The number of hydrogen-bond acceptors (Lipinski definition) is 6. The number of fused-ring (bicyclic) bond motifs is 1. The molecule has 1 amide bonds. The zero-order chi connectivity index (χ0) is 22.2. The molecule has 2 aliphatic rings. The Labute approximate surface area is 181 Å². The van der Waals surface area contributed by atoms with Gasteiger partial charge in [-0.1, -0.05) is 17.7 Å². The number of amides is 1. The van der Waals surface area contributed by atoms with Crippen LogP contribution in [0.3, 0.4) is 0 Å². The van der Waals surface area contributed by atoms with Gasteiger partial charge < -0.3 is 14.4 Å². The molecule has 2 aliphatic heterocycles. The third-order valence-electron chi connectivity index (χ3n) is 5.50. The molecular formula is C20H20ClF3N4O3. The van der Waals surface area contributed by atoms with Crippen molar-refractivity contribution in [3.63, 3.8) is 0 Å². The number of rotatable bonds is 3. The van der Waals surface area contributed by atoms with Crippen molar-refractivity contribution in [2.75, 3.05) is 39.9 Å². The van der Waals surface area contributed by atoms with Crippen LogP contribution >= 0.6 is 11.6 Å². The zero-order valence-electron chi connectivity index (χ0n) is 16.6. The molecule has 2 aromatic rings. The van der Waals surface area contributed by atoms with Gasteiger partial charge in [-0.2, -0.15) is 18.3 Å². The van der Waals surface area contributed by atoms with Crippen LogP contribution in [0, 0.1) is 0 Å². The molecule has 2 atom stereocenters. The maximum Gasteiger partial charge on any atom is 0.435 e. The van der Waals surface area contributed by atoms with Crippen molar-refractivity contribution in [2.45, 2.75) is 18.3 Å². The minimum Gasteiger partial charge on any atom is -0.495 e. The van der Waals surface area contributed by atoms with Gasteiger partial charge in [-0.3, -0.25) is 9.69 Å². The molecule has 1 aromatic carbocycles. The summed E-state index contributed by atoms with van der Waals surface area (Å²) in [5.41, 5.74) is -0.300. The normalized spacial score (nSPS) is 22.2. The molecule has 31 heavy (non-hydrogen) atoms. The smallest absolute Gasteiger partial charge is 0.435 e. The number of methoxy groups -OCH3 is 1. The highest BCUT2D eigenvalue weighted by Crippen LogP contribution is 2.31. The van der Waals surface area contributed by atoms with Gasteiger partial charge in [0, 0.05) is 26.2 Å². The predicted octanol–water partition coefficient (Wildman–Crippen LogP) is 3.06. The molecule has 0 unspecified atom stereocenters. The van der Waals surface area contributed by atoms with Crippen LogP contribution in [0.5, 0.6) is 5.75 Å². The molecule has 0 bridgehead atoms. The average molecular weight is 457 g/mol. The Kier molecular flexibility index (Phi) is 6.05. The second-order valence-corrected chi connectivity index (χ2v) is 7.76. The monoisotopic (exact) mass is 456 g/mol. The first-order chi connectivity index (χ1) is 14.8. The minimum absolute atomic E-state index is 0.0271. The van der Waals surface area contributed by atoms with Crippen LogP contribution in [-0.4, -0.2) is 71.8 Å². The van der Waals surface area contributed by atoms with Gasteiger partial charge in [-0.05, 0) is 24.3 Å². The maximum absolute atomic E-state index is 13.0. The second-order valence-electron chi connectivity index (χ2n) is 7.38. The van der Waals surface area contributed by atoms with Gasteiger partial charge >= 0.3 is 6.18 Å². The highest BCUT2D eigenvalue weighted by molar-refractivity contribution is 6.35. The van der Waals surface area contributed by atoms with E-state index in [0.717, 1.165) is 6.07 Å². The number of nitrogens with zero attached hydrogens (tertiary/aromatic N) is 4.